The Balaban J connectivity index is 1.44. The fraction of sp³-hybridized carbons (Fsp3) is 0.375. The minimum Gasteiger partial charge on any atom is -0.490 e. The first kappa shape index (κ1) is 19.8. The van der Waals surface area contributed by atoms with Crippen LogP contribution in [0.3, 0.4) is 0 Å². The summed E-state index contributed by atoms with van der Waals surface area (Å²) in [5, 5.41) is 3.86. The number of amides is 1. The highest BCUT2D eigenvalue weighted by Crippen LogP contribution is 2.33. The Kier molecular flexibility index (Phi) is 5.42. The second-order valence-electron chi connectivity index (χ2n) is 8.14. The van der Waals surface area contributed by atoms with Gasteiger partial charge in [0.25, 0.3) is 0 Å². The van der Waals surface area contributed by atoms with Crippen molar-refractivity contribution in [1.29, 1.82) is 0 Å². The quantitative estimate of drug-likeness (QED) is 0.686. The zero-order valence-corrected chi connectivity index (χ0v) is 17.6. The molecule has 2 saturated heterocycles. The van der Waals surface area contributed by atoms with E-state index in [2.05, 4.69) is 44.5 Å². The monoisotopic (exact) mass is 418 g/mol. The van der Waals surface area contributed by atoms with E-state index in [4.69, 9.17) is 9.47 Å². The van der Waals surface area contributed by atoms with Gasteiger partial charge in [-0.15, -0.1) is 0 Å². The molecule has 1 aromatic carbocycles. The number of pyridine rings is 2. The molecule has 0 saturated carbocycles. The Labute approximate surface area is 181 Å². The normalized spacial score (nSPS) is 20.0. The molecular weight excluding hydrogens is 392 g/mol. The summed E-state index contributed by atoms with van der Waals surface area (Å²) in [6.07, 6.45) is 4.11. The Morgan fingerprint density at radius 2 is 2.03 bits per heavy atom. The minimum absolute atomic E-state index is 0.0839. The van der Waals surface area contributed by atoms with E-state index in [0.717, 1.165) is 59.9 Å². The summed E-state index contributed by atoms with van der Waals surface area (Å²) < 4.78 is 11.8. The standard InChI is InChI=1S/C24H26N4O3/c1-16(19-13-24(29)27-15-19)31-22-12-18(11-21-20(22)3-2-6-25-21)17-4-5-23(26-14-17)28-7-9-30-10-8-28/h2-6,11-12,14,16,19H,7-10,13,15H2,1H3,(H,27,29)/t16-,19?/m1/s1. The number of carbonyl (C=O) groups is 1. The van der Waals surface area contributed by atoms with E-state index in [1.807, 2.05) is 25.3 Å². The highest BCUT2D eigenvalue weighted by atomic mass is 16.5. The number of carbonyl (C=O) groups excluding carboxylic acids is 1. The van der Waals surface area contributed by atoms with Crippen LogP contribution in [0.1, 0.15) is 13.3 Å². The lowest BCUT2D eigenvalue weighted by Gasteiger charge is -2.27. The molecule has 1 unspecified atom stereocenters. The summed E-state index contributed by atoms with van der Waals surface area (Å²) in [4.78, 5) is 23.1. The molecule has 0 aliphatic carbocycles. The molecule has 7 nitrogen and oxygen atoms in total. The molecule has 31 heavy (non-hydrogen) atoms. The number of benzene rings is 1. The van der Waals surface area contributed by atoms with E-state index in [1.165, 1.54) is 0 Å². The summed E-state index contributed by atoms with van der Waals surface area (Å²) in [6.45, 7) is 5.88. The Hall–Kier alpha value is -3.19. The molecule has 0 spiro atoms. The van der Waals surface area contributed by atoms with Crippen LogP contribution in [0.25, 0.3) is 22.0 Å². The van der Waals surface area contributed by atoms with E-state index in [1.54, 1.807) is 6.20 Å². The molecule has 1 N–H and O–H groups in total. The van der Waals surface area contributed by atoms with Crippen molar-refractivity contribution in [1.82, 2.24) is 15.3 Å². The van der Waals surface area contributed by atoms with Gasteiger partial charge in [-0.25, -0.2) is 4.98 Å². The average Bonchev–Trinajstić information content (AvgIpc) is 3.26. The molecule has 2 atom stereocenters. The molecular formula is C24H26N4O3. The number of aromatic nitrogens is 2. The summed E-state index contributed by atoms with van der Waals surface area (Å²) in [5.74, 6) is 2.00. The van der Waals surface area contributed by atoms with Gasteiger partial charge in [0.2, 0.25) is 5.91 Å². The molecule has 4 heterocycles. The highest BCUT2D eigenvalue weighted by molar-refractivity contribution is 5.90. The lowest BCUT2D eigenvalue weighted by atomic mass is 10.0. The van der Waals surface area contributed by atoms with Crippen LogP contribution in [0.5, 0.6) is 5.75 Å². The fourth-order valence-corrected chi connectivity index (χ4v) is 4.21. The van der Waals surface area contributed by atoms with E-state index < -0.39 is 0 Å². The first-order chi connectivity index (χ1) is 15.2. The fourth-order valence-electron chi connectivity index (χ4n) is 4.21. The number of anilines is 1. The van der Waals surface area contributed by atoms with Gasteiger partial charge in [0.1, 0.15) is 17.7 Å². The number of ether oxygens (including phenoxy) is 2. The van der Waals surface area contributed by atoms with Crippen molar-refractivity contribution in [3.8, 4) is 16.9 Å². The third-order valence-electron chi connectivity index (χ3n) is 6.08. The van der Waals surface area contributed by atoms with Crippen molar-refractivity contribution in [3.63, 3.8) is 0 Å². The summed E-state index contributed by atoms with van der Waals surface area (Å²) >= 11 is 0. The van der Waals surface area contributed by atoms with Crippen LogP contribution in [-0.2, 0) is 9.53 Å². The molecule has 7 heteroatoms. The lowest BCUT2D eigenvalue weighted by Crippen LogP contribution is -2.36. The van der Waals surface area contributed by atoms with Crippen LogP contribution in [0.2, 0.25) is 0 Å². The van der Waals surface area contributed by atoms with Crippen molar-refractivity contribution >= 4 is 22.6 Å². The lowest BCUT2D eigenvalue weighted by molar-refractivity contribution is -0.119. The summed E-state index contributed by atoms with van der Waals surface area (Å²) in [7, 11) is 0. The smallest absolute Gasteiger partial charge is 0.220 e. The number of nitrogens with zero attached hydrogens (tertiary/aromatic N) is 3. The second-order valence-corrected chi connectivity index (χ2v) is 8.14. The largest absolute Gasteiger partial charge is 0.490 e. The minimum atomic E-state index is -0.0839. The molecule has 1 amide bonds. The topological polar surface area (TPSA) is 76.6 Å². The van der Waals surface area contributed by atoms with Crippen LogP contribution < -0.4 is 15.0 Å². The Bertz CT molecular complexity index is 1080. The van der Waals surface area contributed by atoms with Crippen LogP contribution in [0, 0.1) is 5.92 Å². The third kappa shape index (κ3) is 4.18. The molecule has 2 aliphatic rings. The Morgan fingerprint density at radius 3 is 2.77 bits per heavy atom. The van der Waals surface area contributed by atoms with Gasteiger partial charge < -0.3 is 19.7 Å². The van der Waals surface area contributed by atoms with Crippen molar-refractivity contribution < 1.29 is 14.3 Å². The zero-order valence-electron chi connectivity index (χ0n) is 17.6. The van der Waals surface area contributed by atoms with Crippen molar-refractivity contribution in [3.05, 3.63) is 48.8 Å². The van der Waals surface area contributed by atoms with Gasteiger partial charge in [0.05, 0.1) is 18.7 Å². The zero-order chi connectivity index (χ0) is 21.2. The highest BCUT2D eigenvalue weighted by Gasteiger charge is 2.28. The Morgan fingerprint density at radius 1 is 1.16 bits per heavy atom. The maximum absolute atomic E-state index is 11.6. The van der Waals surface area contributed by atoms with E-state index in [9.17, 15) is 4.79 Å². The van der Waals surface area contributed by atoms with Crippen molar-refractivity contribution in [2.75, 3.05) is 37.7 Å². The SMILES string of the molecule is C[C@@H](Oc1cc(-c2ccc(N3CCOCC3)nc2)cc2ncccc12)C1CNC(=O)C1. The molecule has 2 fully saturated rings. The maximum Gasteiger partial charge on any atom is 0.220 e. The van der Waals surface area contributed by atoms with Crippen LogP contribution in [-0.4, -0.2) is 54.8 Å². The number of nitrogens with one attached hydrogen (secondary N) is 1. The first-order valence-electron chi connectivity index (χ1n) is 10.8. The molecule has 3 aromatic rings. The van der Waals surface area contributed by atoms with Gasteiger partial charge in [-0.05, 0) is 48.9 Å². The van der Waals surface area contributed by atoms with Gasteiger partial charge in [-0.1, -0.05) is 0 Å². The number of hydrogen-bond acceptors (Lipinski definition) is 6. The number of fused-ring (bicyclic) bond motifs is 1. The predicted molar refractivity (Wildman–Crippen MR) is 119 cm³/mol. The van der Waals surface area contributed by atoms with Crippen LogP contribution >= 0.6 is 0 Å². The van der Waals surface area contributed by atoms with E-state index in [-0.39, 0.29) is 17.9 Å². The predicted octanol–water partition coefficient (Wildman–Crippen LogP) is 3.04. The number of hydrogen-bond donors (Lipinski definition) is 1. The first-order valence-corrected chi connectivity index (χ1v) is 10.8. The number of rotatable bonds is 5. The van der Waals surface area contributed by atoms with Crippen LogP contribution in [0.15, 0.2) is 48.8 Å². The van der Waals surface area contributed by atoms with Gasteiger partial charge in [0, 0.05) is 55.3 Å². The summed E-state index contributed by atoms with van der Waals surface area (Å²) in [5.41, 5.74) is 2.90. The van der Waals surface area contributed by atoms with Gasteiger partial charge >= 0.3 is 0 Å². The molecule has 5 rings (SSSR count). The summed E-state index contributed by atoms with van der Waals surface area (Å²) in [6, 6.07) is 12.2. The van der Waals surface area contributed by atoms with Gasteiger partial charge in [0.15, 0.2) is 0 Å². The number of morpholine rings is 1. The van der Waals surface area contributed by atoms with Gasteiger partial charge in [-0.3, -0.25) is 9.78 Å². The molecule has 160 valence electrons. The molecule has 2 aliphatic heterocycles. The van der Waals surface area contributed by atoms with Crippen LogP contribution in [0.4, 0.5) is 5.82 Å². The second kappa shape index (κ2) is 8.51. The maximum atomic E-state index is 11.6. The van der Waals surface area contributed by atoms with Crippen molar-refractivity contribution in [2.24, 2.45) is 5.92 Å². The third-order valence-corrected chi connectivity index (χ3v) is 6.08. The molecule has 0 bridgehead atoms. The van der Waals surface area contributed by atoms with E-state index in [0.29, 0.717) is 13.0 Å². The molecule has 2 aromatic heterocycles. The average molecular weight is 418 g/mol. The van der Waals surface area contributed by atoms with E-state index >= 15 is 0 Å². The van der Waals surface area contributed by atoms with Gasteiger partial charge in [-0.2, -0.15) is 0 Å². The van der Waals surface area contributed by atoms with Crippen molar-refractivity contribution in [2.45, 2.75) is 19.4 Å². The molecule has 0 radical (unpaired) electrons.